The van der Waals surface area contributed by atoms with Crippen molar-refractivity contribution in [2.75, 3.05) is 33.7 Å². The first-order chi connectivity index (χ1) is 13.2. The fraction of sp³-hybridized carbons (Fsp3) is 0.957. The number of aliphatic hydroxyl groups excluding tert-OH is 1. The predicted octanol–water partition coefficient (Wildman–Crippen LogP) is 3.34. The first kappa shape index (κ1) is 26.3. The number of carbonyl (C=O) groups is 1. The minimum atomic E-state index is -0.982. The normalized spacial score (nSPS) is 31.7. The third-order valence-electron chi connectivity index (χ3n) is 7.59. The van der Waals surface area contributed by atoms with Gasteiger partial charge in [-0.1, -0.05) is 20.8 Å². The molecule has 4 atom stereocenters. The van der Waals surface area contributed by atoms with Crippen molar-refractivity contribution in [1.29, 1.82) is 0 Å². The van der Waals surface area contributed by atoms with E-state index in [9.17, 15) is 9.90 Å². The van der Waals surface area contributed by atoms with Gasteiger partial charge in [0, 0.05) is 30.0 Å². The second kappa shape index (κ2) is 9.63. The molecule has 6 nitrogen and oxygen atoms in total. The number of quaternary nitrogens is 1. The van der Waals surface area contributed by atoms with Gasteiger partial charge in [-0.3, -0.25) is 9.63 Å². The summed E-state index contributed by atoms with van der Waals surface area (Å²) in [5, 5.41) is 15.8. The molecule has 1 aliphatic heterocycles. The van der Waals surface area contributed by atoms with E-state index in [-0.39, 0.29) is 29.0 Å². The molecule has 1 aliphatic rings. The lowest BCUT2D eigenvalue weighted by Gasteiger charge is -2.59. The number of hydrogen-bond donors (Lipinski definition) is 2. The van der Waals surface area contributed by atoms with E-state index in [0.717, 1.165) is 36.8 Å². The molecule has 4 unspecified atom stereocenters. The highest BCUT2D eigenvalue weighted by Gasteiger charge is 2.55. The highest BCUT2D eigenvalue weighted by atomic mass is 16.7. The van der Waals surface area contributed by atoms with Gasteiger partial charge >= 0.3 is 0 Å². The minimum Gasteiger partial charge on any atom is -0.393 e. The Morgan fingerprint density at radius 3 is 2.31 bits per heavy atom. The van der Waals surface area contributed by atoms with Crippen molar-refractivity contribution in [1.82, 2.24) is 10.4 Å². The Hall–Kier alpha value is -0.690. The summed E-state index contributed by atoms with van der Waals surface area (Å²) in [4.78, 5) is 19.5. The summed E-state index contributed by atoms with van der Waals surface area (Å²) in [6.45, 7) is 19.2. The van der Waals surface area contributed by atoms with E-state index >= 15 is 0 Å². The van der Waals surface area contributed by atoms with Crippen molar-refractivity contribution in [3.8, 4) is 0 Å². The number of aliphatic hydroxyl groups is 1. The Morgan fingerprint density at radius 2 is 1.83 bits per heavy atom. The quantitative estimate of drug-likeness (QED) is 0.425. The van der Waals surface area contributed by atoms with E-state index in [1.54, 1.807) is 0 Å². The van der Waals surface area contributed by atoms with Crippen LogP contribution in [-0.2, 0) is 9.63 Å². The molecule has 0 spiro atoms. The number of piperidine rings is 1. The molecule has 1 heterocycles. The van der Waals surface area contributed by atoms with Gasteiger partial charge in [-0.15, -0.1) is 0 Å². The zero-order valence-corrected chi connectivity index (χ0v) is 20.8. The van der Waals surface area contributed by atoms with E-state index in [4.69, 9.17) is 4.84 Å². The van der Waals surface area contributed by atoms with Crippen LogP contribution in [0.5, 0.6) is 0 Å². The van der Waals surface area contributed by atoms with Crippen molar-refractivity contribution in [2.24, 2.45) is 5.92 Å². The Kier molecular flexibility index (Phi) is 8.75. The van der Waals surface area contributed by atoms with E-state index in [1.165, 1.54) is 0 Å². The first-order valence-electron chi connectivity index (χ1n) is 11.5. The smallest absolute Gasteiger partial charge is 0.253 e. The molecule has 2 N–H and O–H groups in total. The predicted molar refractivity (Wildman–Crippen MR) is 119 cm³/mol. The first-order valence-corrected chi connectivity index (χ1v) is 11.5. The Labute approximate surface area is 179 Å². The van der Waals surface area contributed by atoms with Gasteiger partial charge in [0.2, 0.25) is 0 Å². The number of rotatable bonds is 10. The SMILES string of the molecule is CCC1(C)CC(O)C(C)C(C)(CC)N1OC(C)(C)C(=O)NCCC[N+](C)(C)CC. The van der Waals surface area contributed by atoms with Crippen molar-refractivity contribution in [3.63, 3.8) is 0 Å². The maximum atomic E-state index is 13.0. The van der Waals surface area contributed by atoms with Gasteiger partial charge in [-0.05, 0) is 53.9 Å². The molecule has 0 saturated carbocycles. The van der Waals surface area contributed by atoms with Gasteiger partial charge in [0.1, 0.15) is 0 Å². The molecular formula is C23H48N3O3+. The second-order valence-electron chi connectivity index (χ2n) is 10.6. The van der Waals surface area contributed by atoms with Crippen molar-refractivity contribution >= 4 is 5.91 Å². The lowest BCUT2D eigenvalue weighted by Crippen LogP contribution is -2.69. The van der Waals surface area contributed by atoms with Crippen LogP contribution in [0.15, 0.2) is 0 Å². The summed E-state index contributed by atoms with van der Waals surface area (Å²) in [7, 11) is 4.41. The molecule has 1 fully saturated rings. The average Bonchev–Trinajstić information content (AvgIpc) is 2.66. The molecule has 0 aromatic heterocycles. The van der Waals surface area contributed by atoms with Crippen molar-refractivity contribution in [2.45, 2.75) is 104 Å². The van der Waals surface area contributed by atoms with Crippen LogP contribution in [0.1, 0.15) is 81.1 Å². The van der Waals surface area contributed by atoms with Gasteiger partial charge in [0.05, 0.1) is 33.3 Å². The summed E-state index contributed by atoms with van der Waals surface area (Å²) in [6.07, 6.45) is 2.88. The van der Waals surface area contributed by atoms with Crippen LogP contribution in [0.4, 0.5) is 0 Å². The van der Waals surface area contributed by atoms with Crippen molar-refractivity contribution < 1.29 is 19.2 Å². The van der Waals surface area contributed by atoms with E-state index < -0.39 is 5.60 Å². The van der Waals surface area contributed by atoms with Gasteiger partial charge in [0.25, 0.3) is 5.91 Å². The van der Waals surface area contributed by atoms with Crippen LogP contribution in [-0.4, -0.2) is 77.1 Å². The fourth-order valence-electron chi connectivity index (χ4n) is 4.24. The standard InChI is InChI=1S/C23H47N3O3/c1-11-22(7)17-19(27)18(4)23(8,12-2)25(22)29-21(5,6)20(28)24-15-14-16-26(9,10)13-3/h18-19,27H,11-17H2,1-10H3/p+1. The molecule has 0 aromatic rings. The van der Waals surface area contributed by atoms with Gasteiger partial charge in [0.15, 0.2) is 5.60 Å². The molecule has 0 bridgehead atoms. The summed E-state index contributed by atoms with van der Waals surface area (Å²) < 4.78 is 0.952. The zero-order valence-electron chi connectivity index (χ0n) is 20.8. The van der Waals surface area contributed by atoms with E-state index in [0.29, 0.717) is 13.0 Å². The van der Waals surface area contributed by atoms with Crippen LogP contribution in [0.2, 0.25) is 0 Å². The molecule has 0 aliphatic carbocycles. The molecule has 0 radical (unpaired) electrons. The number of hydrogen-bond acceptors (Lipinski definition) is 4. The monoisotopic (exact) mass is 414 g/mol. The third kappa shape index (κ3) is 5.93. The summed E-state index contributed by atoms with van der Waals surface area (Å²) >= 11 is 0. The lowest BCUT2D eigenvalue weighted by atomic mass is 9.69. The van der Waals surface area contributed by atoms with Crippen LogP contribution in [0.25, 0.3) is 0 Å². The van der Waals surface area contributed by atoms with Crippen LogP contribution in [0, 0.1) is 5.92 Å². The molecule has 29 heavy (non-hydrogen) atoms. The number of amides is 1. The maximum absolute atomic E-state index is 13.0. The topological polar surface area (TPSA) is 61.8 Å². The van der Waals surface area contributed by atoms with Gasteiger partial charge < -0.3 is 14.9 Å². The molecular weight excluding hydrogens is 366 g/mol. The summed E-state index contributed by atoms with van der Waals surface area (Å²) in [6, 6.07) is 0. The fourth-order valence-corrected chi connectivity index (χ4v) is 4.24. The van der Waals surface area contributed by atoms with Gasteiger partial charge in [-0.2, -0.15) is 5.06 Å². The van der Waals surface area contributed by atoms with E-state index in [2.05, 4.69) is 61.0 Å². The van der Waals surface area contributed by atoms with Gasteiger partial charge in [-0.25, -0.2) is 0 Å². The van der Waals surface area contributed by atoms with Crippen molar-refractivity contribution in [3.05, 3.63) is 0 Å². The molecule has 1 saturated heterocycles. The number of hydroxylamine groups is 2. The van der Waals surface area contributed by atoms with Crippen LogP contribution < -0.4 is 5.32 Å². The summed E-state index contributed by atoms with van der Waals surface area (Å²) in [5.41, 5.74) is -1.65. The number of carbonyl (C=O) groups excluding carboxylic acids is 1. The van der Waals surface area contributed by atoms with E-state index in [1.807, 2.05) is 18.9 Å². The molecule has 1 amide bonds. The maximum Gasteiger partial charge on any atom is 0.253 e. The minimum absolute atomic E-state index is 0.0556. The molecule has 1 rings (SSSR count). The Bertz CT molecular complexity index is 551. The average molecular weight is 415 g/mol. The molecule has 0 aromatic carbocycles. The highest BCUT2D eigenvalue weighted by Crippen LogP contribution is 2.46. The third-order valence-corrected chi connectivity index (χ3v) is 7.59. The largest absolute Gasteiger partial charge is 0.393 e. The number of nitrogens with zero attached hydrogens (tertiary/aromatic N) is 2. The lowest BCUT2D eigenvalue weighted by molar-refractivity contribution is -0.888. The van der Waals surface area contributed by atoms with Crippen LogP contribution in [0.3, 0.4) is 0 Å². The Morgan fingerprint density at radius 1 is 1.24 bits per heavy atom. The van der Waals surface area contributed by atoms with Crippen LogP contribution >= 0.6 is 0 Å². The molecule has 6 heteroatoms. The summed E-state index contributed by atoms with van der Waals surface area (Å²) in [5.74, 6) is -0.0324. The number of nitrogens with one attached hydrogen (secondary N) is 1. The highest BCUT2D eigenvalue weighted by molar-refractivity contribution is 5.84. The Balaban J connectivity index is 2.90. The second-order valence-corrected chi connectivity index (χ2v) is 10.6. The zero-order chi connectivity index (χ0) is 22.7. The molecule has 172 valence electrons.